The number of nitrogens with one attached hydrogen (secondary N) is 2. The summed E-state index contributed by atoms with van der Waals surface area (Å²) in [6.45, 7) is 5.50. The third-order valence-electron chi connectivity index (χ3n) is 0.489. The van der Waals surface area contributed by atoms with Crippen LogP contribution >= 0.6 is 0 Å². The van der Waals surface area contributed by atoms with Crippen molar-refractivity contribution in [3.8, 4) is 0 Å². The SMILES string of the molecule is CC(C)(C)NC([NH])=O. The molecule has 0 saturated carbocycles. The average molecular weight is 115 g/mol. The van der Waals surface area contributed by atoms with Gasteiger partial charge in [-0.25, -0.2) is 10.5 Å². The smallest absolute Gasteiger partial charge is 0.332 e. The first-order chi connectivity index (χ1) is 3.42. The van der Waals surface area contributed by atoms with Gasteiger partial charge in [0.05, 0.1) is 0 Å². The van der Waals surface area contributed by atoms with Gasteiger partial charge in [0.2, 0.25) is 0 Å². The van der Waals surface area contributed by atoms with E-state index in [1.54, 1.807) is 0 Å². The molecule has 0 aliphatic rings. The molecule has 0 spiro atoms. The number of rotatable bonds is 0. The number of amides is 2. The summed E-state index contributed by atoms with van der Waals surface area (Å²) in [6.07, 6.45) is 0. The van der Waals surface area contributed by atoms with Gasteiger partial charge in [-0.3, -0.25) is 0 Å². The predicted molar refractivity (Wildman–Crippen MR) is 31.4 cm³/mol. The van der Waals surface area contributed by atoms with Crippen molar-refractivity contribution >= 4 is 6.03 Å². The molecule has 0 atom stereocenters. The van der Waals surface area contributed by atoms with Crippen molar-refractivity contribution in [3.05, 3.63) is 0 Å². The maximum Gasteiger partial charge on any atom is 0.333 e. The van der Waals surface area contributed by atoms with E-state index in [-0.39, 0.29) is 5.54 Å². The molecule has 0 bridgehead atoms. The van der Waals surface area contributed by atoms with E-state index in [0.717, 1.165) is 0 Å². The van der Waals surface area contributed by atoms with Gasteiger partial charge in [-0.15, -0.1) is 0 Å². The third kappa shape index (κ3) is 5.27. The summed E-state index contributed by atoms with van der Waals surface area (Å²) in [5.41, 5.74) is 6.22. The molecule has 0 rings (SSSR count). The molecule has 0 aromatic carbocycles. The zero-order valence-corrected chi connectivity index (χ0v) is 5.41. The molecule has 0 heterocycles. The van der Waals surface area contributed by atoms with Gasteiger partial charge in [0.25, 0.3) is 0 Å². The summed E-state index contributed by atoms with van der Waals surface area (Å²) < 4.78 is 0. The van der Waals surface area contributed by atoms with Gasteiger partial charge in [-0.1, -0.05) is 0 Å². The van der Waals surface area contributed by atoms with E-state index >= 15 is 0 Å². The molecule has 0 unspecified atom stereocenters. The highest BCUT2D eigenvalue weighted by Gasteiger charge is 2.10. The van der Waals surface area contributed by atoms with Crippen LogP contribution < -0.4 is 11.1 Å². The molecule has 0 fully saturated rings. The van der Waals surface area contributed by atoms with Crippen LogP contribution in [0.4, 0.5) is 4.79 Å². The maximum absolute atomic E-state index is 10.0. The highest BCUT2D eigenvalue weighted by atomic mass is 16.2. The lowest BCUT2D eigenvalue weighted by molar-refractivity contribution is 0.239. The van der Waals surface area contributed by atoms with Gasteiger partial charge in [-0.05, 0) is 20.8 Å². The molecule has 2 N–H and O–H groups in total. The molecule has 3 nitrogen and oxygen atoms in total. The van der Waals surface area contributed by atoms with Crippen LogP contribution in [0.5, 0.6) is 0 Å². The number of carbonyl (C=O) groups is 1. The lowest BCUT2D eigenvalue weighted by atomic mass is 10.1. The number of urea groups is 1. The Labute approximate surface area is 49.3 Å². The minimum atomic E-state index is -0.725. The van der Waals surface area contributed by atoms with E-state index in [1.165, 1.54) is 0 Å². The van der Waals surface area contributed by atoms with Crippen molar-refractivity contribution in [2.45, 2.75) is 26.3 Å². The second-order valence-electron chi connectivity index (χ2n) is 2.70. The zero-order valence-electron chi connectivity index (χ0n) is 5.41. The predicted octanol–water partition coefficient (Wildman–Crippen LogP) is 0.777. The molecule has 0 aromatic rings. The van der Waals surface area contributed by atoms with Crippen LogP contribution in [0.1, 0.15) is 20.8 Å². The van der Waals surface area contributed by atoms with Gasteiger partial charge >= 0.3 is 6.03 Å². The molecule has 3 heteroatoms. The van der Waals surface area contributed by atoms with Gasteiger partial charge < -0.3 is 5.32 Å². The normalized spacial score (nSPS) is 10.9. The van der Waals surface area contributed by atoms with E-state index < -0.39 is 6.03 Å². The fraction of sp³-hybridized carbons (Fsp3) is 0.800. The van der Waals surface area contributed by atoms with Crippen LogP contribution in [0, 0.1) is 0 Å². The Hall–Kier alpha value is -0.730. The minimum Gasteiger partial charge on any atom is -0.332 e. The minimum absolute atomic E-state index is 0.265. The fourth-order valence-corrected chi connectivity index (χ4v) is 0.341. The van der Waals surface area contributed by atoms with Crippen LogP contribution in [0.15, 0.2) is 0 Å². The van der Waals surface area contributed by atoms with Crippen LogP contribution in [-0.2, 0) is 0 Å². The van der Waals surface area contributed by atoms with Crippen molar-refractivity contribution in [2.24, 2.45) is 0 Å². The molecule has 0 aliphatic carbocycles. The molecule has 0 saturated heterocycles. The van der Waals surface area contributed by atoms with E-state index in [9.17, 15) is 4.79 Å². The molecule has 8 heavy (non-hydrogen) atoms. The highest BCUT2D eigenvalue weighted by Crippen LogP contribution is 1.96. The Bertz CT molecular complexity index is 93.1. The number of hydrogen-bond donors (Lipinski definition) is 1. The van der Waals surface area contributed by atoms with Crippen molar-refractivity contribution in [2.75, 3.05) is 0 Å². The van der Waals surface area contributed by atoms with Crippen molar-refractivity contribution in [3.63, 3.8) is 0 Å². The van der Waals surface area contributed by atoms with E-state index in [4.69, 9.17) is 5.73 Å². The lowest BCUT2D eigenvalue weighted by Crippen LogP contribution is -2.40. The van der Waals surface area contributed by atoms with E-state index in [1.807, 2.05) is 20.8 Å². The monoisotopic (exact) mass is 115 g/mol. The third-order valence-corrected chi connectivity index (χ3v) is 0.489. The van der Waals surface area contributed by atoms with Crippen molar-refractivity contribution in [1.82, 2.24) is 11.1 Å². The Morgan fingerprint density at radius 1 is 1.50 bits per heavy atom. The van der Waals surface area contributed by atoms with Gasteiger partial charge in [0.1, 0.15) is 0 Å². The van der Waals surface area contributed by atoms with E-state index in [0.29, 0.717) is 0 Å². The summed E-state index contributed by atoms with van der Waals surface area (Å²) in [5.74, 6) is 0. The largest absolute Gasteiger partial charge is 0.333 e. The molecule has 47 valence electrons. The molecule has 0 aliphatic heterocycles. The van der Waals surface area contributed by atoms with Crippen LogP contribution in [0.2, 0.25) is 0 Å². The quantitative estimate of drug-likeness (QED) is 0.498. The topological polar surface area (TPSA) is 52.9 Å². The molecular formula is C5H11N2O. The average Bonchev–Trinajstić information content (AvgIpc) is 1.21. The van der Waals surface area contributed by atoms with Crippen molar-refractivity contribution < 1.29 is 4.79 Å². The summed E-state index contributed by atoms with van der Waals surface area (Å²) >= 11 is 0. The molecule has 2 amide bonds. The van der Waals surface area contributed by atoms with Gasteiger partial charge in [0, 0.05) is 5.54 Å². The van der Waals surface area contributed by atoms with Crippen molar-refractivity contribution in [1.29, 1.82) is 0 Å². The first kappa shape index (κ1) is 7.27. The second-order valence-corrected chi connectivity index (χ2v) is 2.70. The van der Waals surface area contributed by atoms with E-state index in [2.05, 4.69) is 5.32 Å². The van der Waals surface area contributed by atoms with Crippen LogP contribution in [-0.4, -0.2) is 11.6 Å². The highest BCUT2D eigenvalue weighted by molar-refractivity contribution is 5.71. The maximum atomic E-state index is 10.0. The Kier molecular flexibility index (Phi) is 1.84. The zero-order chi connectivity index (χ0) is 6.78. The Morgan fingerprint density at radius 3 is 1.88 bits per heavy atom. The molecular weight excluding hydrogens is 104 g/mol. The summed E-state index contributed by atoms with van der Waals surface area (Å²) in [5, 5.41) is 2.41. The molecule has 1 radical (unpaired) electrons. The summed E-state index contributed by atoms with van der Waals surface area (Å²) in [7, 11) is 0. The fourth-order valence-electron chi connectivity index (χ4n) is 0.341. The lowest BCUT2D eigenvalue weighted by Gasteiger charge is -2.17. The number of hydrogen-bond acceptors (Lipinski definition) is 1. The first-order valence-electron chi connectivity index (χ1n) is 2.45. The Balaban J connectivity index is 3.55. The standard InChI is InChI=1S/C5H11N2O/c1-5(2,3)7-4(6)8/h6H,1-3H3,(H,7,8). The van der Waals surface area contributed by atoms with Crippen LogP contribution in [0.3, 0.4) is 0 Å². The Morgan fingerprint density at radius 2 is 1.88 bits per heavy atom. The second kappa shape index (κ2) is 2.03. The summed E-state index contributed by atoms with van der Waals surface area (Å²) in [4.78, 5) is 10.0. The van der Waals surface area contributed by atoms with Gasteiger partial charge in [-0.2, -0.15) is 0 Å². The molecule has 0 aromatic heterocycles. The van der Waals surface area contributed by atoms with Gasteiger partial charge in [0.15, 0.2) is 0 Å². The summed E-state index contributed by atoms with van der Waals surface area (Å²) in [6, 6.07) is -0.725. The van der Waals surface area contributed by atoms with Crippen LogP contribution in [0.25, 0.3) is 0 Å². The first-order valence-corrected chi connectivity index (χ1v) is 2.45. The number of carbonyl (C=O) groups excluding carboxylic acids is 1.